The molecule has 0 radical (unpaired) electrons. The molecule has 9 heteroatoms. The molecule has 0 aromatic carbocycles. The van der Waals surface area contributed by atoms with Crippen LogP contribution in [0.25, 0.3) is 0 Å². The minimum absolute atomic E-state index is 0.159. The van der Waals surface area contributed by atoms with Gasteiger partial charge in [-0.1, -0.05) is 19.0 Å². The standard InChI is InChI=1S/C16H23N7O2/c1-10(2)14-19-13(21-25-14)11-6-5-9-23(11)16(24)20-15-17-8-7-12(18-15)22(3)4/h7-8,10-11H,5-6,9H2,1-4H3,(H,17,18,20,24). The molecule has 1 aliphatic heterocycles. The quantitative estimate of drug-likeness (QED) is 0.908. The second-order valence-electron chi connectivity index (χ2n) is 6.56. The van der Waals surface area contributed by atoms with Gasteiger partial charge in [-0.05, 0) is 18.9 Å². The molecule has 2 aromatic rings. The Balaban J connectivity index is 1.73. The van der Waals surface area contributed by atoms with Crippen LogP contribution in [-0.4, -0.2) is 51.7 Å². The zero-order valence-corrected chi connectivity index (χ0v) is 14.9. The third-order valence-electron chi connectivity index (χ3n) is 4.08. The van der Waals surface area contributed by atoms with E-state index in [1.54, 1.807) is 17.2 Å². The van der Waals surface area contributed by atoms with Crippen molar-refractivity contribution >= 4 is 17.8 Å². The summed E-state index contributed by atoms with van der Waals surface area (Å²) in [4.78, 5) is 29.1. The molecule has 1 N–H and O–H groups in total. The minimum atomic E-state index is -0.255. The minimum Gasteiger partial charge on any atom is -0.363 e. The van der Waals surface area contributed by atoms with Gasteiger partial charge in [0.2, 0.25) is 11.8 Å². The SMILES string of the molecule is CC(C)c1nc(C2CCCN2C(=O)Nc2nccc(N(C)C)n2)no1. The number of nitrogens with one attached hydrogen (secondary N) is 1. The van der Waals surface area contributed by atoms with Crippen molar-refractivity contribution in [3.8, 4) is 0 Å². The number of carbonyl (C=O) groups is 1. The summed E-state index contributed by atoms with van der Waals surface area (Å²) in [5.41, 5.74) is 0. The number of hydrogen-bond donors (Lipinski definition) is 1. The summed E-state index contributed by atoms with van der Waals surface area (Å²) in [5.74, 6) is 2.30. The molecule has 0 spiro atoms. The molecule has 2 amide bonds. The molecular formula is C16H23N7O2. The Labute approximate surface area is 146 Å². The van der Waals surface area contributed by atoms with Crippen molar-refractivity contribution in [3.63, 3.8) is 0 Å². The van der Waals surface area contributed by atoms with E-state index in [4.69, 9.17) is 4.52 Å². The van der Waals surface area contributed by atoms with E-state index in [1.807, 2.05) is 32.8 Å². The molecule has 2 aromatic heterocycles. The van der Waals surface area contributed by atoms with Crippen molar-refractivity contribution in [2.75, 3.05) is 30.9 Å². The van der Waals surface area contributed by atoms with Crippen molar-refractivity contribution in [1.29, 1.82) is 0 Å². The summed E-state index contributed by atoms with van der Waals surface area (Å²) in [6, 6.07) is 1.34. The van der Waals surface area contributed by atoms with Crippen LogP contribution >= 0.6 is 0 Å². The Morgan fingerprint density at radius 3 is 2.88 bits per heavy atom. The van der Waals surface area contributed by atoms with Gasteiger partial charge in [0, 0.05) is 32.8 Å². The average Bonchev–Trinajstić information content (AvgIpc) is 3.24. The number of rotatable bonds is 4. The molecule has 0 aliphatic carbocycles. The van der Waals surface area contributed by atoms with Crippen LogP contribution in [0.15, 0.2) is 16.8 Å². The van der Waals surface area contributed by atoms with Crippen molar-refractivity contribution in [2.45, 2.75) is 38.6 Å². The second kappa shape index (κ2) is 7.04. The Hall–Kier alpha value is -2.71. The van der Waals surface area contributed by atoms with Crippen molar-refractivity contribution < 1.29 is 9.32 Å². The van der Waals surface area contributed by atoms with Crippen LogP contribution in [0, 0.1) is 0 Å². The number of anilines is 2. The summed E-state index contributed by atoms with van der Waals surface area (Å²) >= 11 is 0. The number of urea groups is 1. The van der Waals surface area contributed by atoms with Crippen molar-refractivity contribution in [2.24, 2.45) is 0 Å². The number of amides is 2. The first-order valence-corrected chi connectivity index (χ1v) is 8.37. The van der Waals surface area contributed by atoms with Gasteiger partial charge in [0.05, 0.1) is 6.04 Å². The Kier molecular flexibility index (Phi) is 4.82. The van der Waals surface area contributed by atoms with Crippen LogP contribution in [0.1, 0.15) is 50.4 Å². The fourth-order valence-electron chi connectivity index (χ4n) is 2.72. The highest BCUT2D eigenvalue weighted by Crippen LogP contribution is 2.31. The summed E-state index contributed by atoms with van der Waals surface area (Å²) in [7, 11) is 3.76. The number of aromatic nitrogens is 4. The van der Waals surface area contributed by atoms with Gasteiger partial charge in [-0.25, -0.2) is 9.78 Å². The lowest BCUT2D eigenvalue weighted by Gasteiger charge is -2.22. The van der Waals surface area contributed by atoms with E-state index in [9.17, 15) is 4.79 Å². The molecule has 0 bridgehead atoms. The highest BCUT2D eigenvalue weighted by atomic mass is 16.5. The number of likely N-dealkylation sites (tertiary alicyclic amines) is 1. The summed E-state index contributed by atoms with van der Waals surface area (Å²) in [5, 5.41) is 6.81. The van der Waals surface area contributed by atoms with E-state index in [1.165, 1.54) is 0 Å². The summed E-state index contributed by atoms with van der Waals surface area (Å²) < 4.78 is 5.28. The molecule has 25 heavy (non-hydrogen) atoms. The fourth-order valence-corrected chi connectivity index (χ4v) is 2.72. The first-order chi connectivity index (χ1) is 12.0. The van der Waals surface area contributed by atoms with Gasteiger partial charge in [0.25, 0.3) is 0 Å². The first-order valence-electron chi connectivity index (χ1n) is 8.37. The first kappa shape index (κ1) is 17.1. The smallest absolute Gasteiger partial charge is 0.324 e. The molecule has 1 fully saturated rings. The third kappa shape index (κ3) is 3.70. The van der Waals surface area contributed by atoms with Gasteiger partial charge in [0.1, 0.15) is 5.82 Å². The number of carbonyl (C=O) groups excluding carboxylic acids is 1. The van der Waals surface area contributed by atoms with Gasteiger partial charge in [-0.15, -0.1) is 0 Å². The normalized spacial score (nSPS) is 17.2. The fraction of sp³-hybridized carbons (Fsp3) is 0.562. The van der Waals surface area contributed by atoms with Crippen LogP contribution in [0.3, 0.4) is 0 Å². The highest BCUT2D eigenvalue weighted by Gasteiger charge is 2.34. The predicted octanol–water partition coefficient (Wildman–Crippen LogP) is 2.42. The maximum Gasteiger partial charge on any atom is 0.324 e. The molecule has 1 aliphatic rings. The third-order valence-corrected chi connectivity index (χ3v) is 4.08. The van der Waals surface area contributed by atoms with Gasteiger partial charge in [-0.2, -0.15) is 9.97 Å². The van der Waals surface area contributed by atoms with E-state index >= 15 is 0 Å². The van der Waals surface area contributed by atoms with Crippen LogP contribution < -0.4 is 10.2 Å². The number of nitrogens with zero attached hydrogens (tertiary/aromatic N) is 6. The van der Waals surface area contributed by atoms with E-state index in [0.29, 0.717) is 18.3 Å². The lowest BCUT2D eigenvalue weighted by Crippen LogP contribution is -2.35. The Bertz CT molecular complexity index is 744. The van der Waals surface area contributed by atoms with Crippen LogP contribution in [0.5, 0.6) is 0 Å². The van der Waals surface area contributed by atoms with E-state index < -0.39 is 0 Å². The molecule has 1 atom stereocenters. The monoisotopic (exact) mass is 345 g/mol. The molecule has 1 unspecified atom stereocenters. The van der Waals surface area contributed by atoms with Crippen LogP contribution in [-0.2, 0) is 0 Å². The van der Waals surface area contributed by atoms with Crippen molar-refractivity contribution in [3.05, 3.63) is 24.0 Å². The van der Waals surface area contributed by atoms with Crippen LogP contribution in [0.4, 0.5) is 16.6 Å². The van der Waals surface area contributed by atoms with E-state index in [0.717, 1.165) is 18.7 Å². The predicted molar refractivity (Wildman–Crippen MR) is 92.4 cm³/mol. The second-order valence-corrected chi connectivity index (χ2v) is 6.56. The highest BCUT2D eigenvalue weighted by molar-refractivity contribution is 5.88. The average molecular weight is 345 g/mol. The molecule has 3 heterocycles. The Morgan fingerprint density at radius 2 is 2.20 bits per heavy atom. The molecule has 3 rings (SSSR count). The lowest BCUT2D eigenvalue weighted by atomic mass is 10.2. The van der Waals surface area contributed by atoms with Gasteiger partial charge < -0.3 is 14.3 Å². The maximum absolute atomic E-state index is 12.7. The molecule has 9 nitrogen and oxygen atoms in total. The molecule has 0 saturated carbocycles. The van der Waals surface area contributed by atoms with Crippen LogP contribution in [0.2, 0.25) is 0 Å². The summed E-state index contributed by atoms with van der Waals surface area (Å²) in [6.45, 7) is 4.62. The number of hydrogen-bond acceptors (Lipinski definition) is 7. The maximum atomic E-state index is 12.7. The van der Waals surface area contributed by atoms with E-state index in [2.05, 4.69) is 25.4 Å². The van der Waals surface area contributed by atoms with Crippen molar-refractivity contribution in [1.82, 2.24) is 25.0 Å². The largest absolute Gasteiger partial charge is 0.363 e. The van der Waals surface area contributed by atoms with Gasteiger partial charge in [-0.3, -0.25) is 5.32 Å². The lowest BCUT2D eigenvalue weighted by molar-refractivity contribution is 0.203. The molecular weight excluding hydrogens is 322 g/mol. The molecule has 1 saturated heterocycles. The molecule has 134 valence electrons. The zero-order valence-electron chi connectivity index (χ0n) is 14.9. The van der Waals surface area contributed by atoms with Gasteiger partial charge in [0.15, 0.2) is 5.82 Å². The van der Waals surface area contributed by atoms with Gasteiger partial charge >= 0.3 is 6.03 Å². The Morgan fingerprint density at radius 1 is 1.40 bits per heavy atom. The van der Waals surface area contributed by atoms with E-state index in [-0.39, 0.29) is 23.9 Å². The summed E-state index contributed by atoms with van der Waals surface area (Å²) in [6.07, 6.45) is 3.32. The topological polar surface area (TPSA) is 100 Å². The zero-order chi connectivity index (χ0) is 18.0.